The number of aromatic nitrogens is 1. The molecule has 5 rings (SSSR count). The predicted octanol–water partition coefficient (Wildman–Crippen LogP) is 3.16. The van der Waals surface area contributed by atoms with E-state index in [1.807, 2.05) is 66.4 Å². The Kier molecular flexibility index (Phi) is 5.47. The number of carbonyl (C=O) groups is 1. The van der Waals surface area contributed by atoms with Gasteiger partial charge in [0.15, 0.2) is 9.84 Å². The van der Waals surface area contributed by atoms with Crippen LogP contribution in [-0.2, 0) is 9.84 Å². The van der Waals surface area contributed by atoms with Gasteiger partial charge in [0.05, 0.1) is 28.3 Å². The first-order chi connectivity index (χ1) is 15.4. The summed E-state index contributed by atoms with van der Waals surface area (Å²) in [5.74, 6) is 0.538. The van der Waals surface area contributed by atoms with Gasteiger partial charge in [-0.25, -0.2) is 13.4 Å². The molecule has 3 aromatic rings. The van der Waals surface area contributed by atoms with Gasteiger partial charge in [0.25, 0.3) is 5.91 Å². The largest absolute Gasteiger partial charge is 0.336 e. The van der Waals surface area contributed by atoms with E-state index >= 15 is 0 Å². The smallest absolute Gasteiger partial charge is 0.254 e. The molecule has 2 aliphatic heterocycles. The molecule has 0 bridgehead atoms. The minimum absolute atomic E-state index is 0.0128. The highest BCUT2D eigenvalue weighted by Gasteiger charge is 2.34. The molecule has 1 amide bonds. The number of piperazine rings is 1. The molecule has 2 saturated heterocycles. The van der Waals surface area contributed by atoms with E-state index < -0.39 is 9.84 Å². The summed E-state index contributed by atoms with van der Waals surface area (Å²) in [5.41, 5.74) is 4.36. The van der Waals surface area contributed by atoms with Gasteiger partial charge in [0.1, 0.15) is 0 Å². The van der Waals surface area contributed by atoms with Crippen molar-refractivity contribution in [2.75, 3.05) is 37.7 Å². The highest BCUT2D eigenvalue weighted by atomic mass is 32.2. The number of carbonyl (C=O) groups excluding carboxylic acids is 1. The summed E-state index contributed by atoms with van der Waals surface area (Å²) in [6.07, 6.45) is 0.699. The van der Waals surface area contributed by atoms with Crippen molar-refractivity contribution in [3.63, 3.8) is 0 Å². The third-order valence-electron chi connectivity index (χ3n) is 6.59. The van der Waals surface area contributed by atoms with Gasteiger partial charge in [-0.3, -0.25) is 9.69 Å². The summed E-state index contributed by atoms with van der Waals surface area (Å²) in [6.45, 7) is 4.64. The number of benzene rings is 2. The lowest BCUT2D eigenvalue weighted by molar-refractivity contribution is 0.0589. The molecule has 0 aliphatic carbocycles. The SMILES string of the molecule is Cc1ccc2nc(-c3ccccc3)cc(C(=O)N3CCN([C@@H]4CCS(=O)(=O)C4)CC3)c2c1. The molecule has 1 aromatic heterocycles. The lowest BCUT2D eigenvalue weighted by Crippen LogP contribution is -2.52. The average Bonchev–Trinajstić information content (AvgIpc) is 3.18. The minimum atomic E-state index is -2.91. The summed E-state index contributed by atoms with van der Waals surface area (Å²) in [4.78, 5) is 22.6. The third kappa shape index (κ3) is 4.14. The Balaban J connectivity index is 1.42. The standard InChI is InChI=1S/C25H27N3O3S/c1-18-7-8-23-21(15-18)22(16-24(26-23)19-5-3-2-4-6-19)25(29)28-12-10-27(11-13-28)20-9-14-32(30,31)17-20/h2-8,15-16,20H,9-14,17H2,1H3/t20-/m1/s1. The maximum Gasteiger partial charge on any atom is 0.254 e. The molecule has 2 fully saturated rings. The molecular weight excluding hydrogens is 422 g/mol. The van der Waals surface area contributed by atoms with E-state index in [4.69, 9.17) is 4.98 Å². The van der Waals surface area contributed by atoms with Crippen molar-refractivity contribution in [3.05, 3.63) is 65.7 Å². The zero-order chi connectivity index (χ0) is 22.3. The van der Waals surface area contributed by atoms with Crippen molar-refractivity contribution >= 4 is 26.6 Å². The molecule has 2 aliphatic rings. The molecule has 0 unspecified atom stereocenters. The van der Waals surface area contributed by atoms with Crippen LogP contribution in [0.5, 0.6) is 0 Å². The van der Waals surface area contributed by atoms with E-state index in [1.54, 1.807) is 0 Å². The van der Waals surface area contributed by atoms with Gasteiger partial charge >= 0.3 is 0 Å². The van der Waals surface area contributed by atoms with Crippen molar-refractivity contribution in [2.24, 2.45) is 0 Å². The van der Waals surface area contributed by atoms with E-state index in [0.29, 0.717) is 38.2 Å². The Hall–Kier alpha value is -2.77. The predicted molar refractivity (Wildman–Crippen MR) is 126 cm³/mol. The molecule has 2 aromatic carbocycles. The normalized spacial score (nSPS) is 21.2. The number of pyridine rings is 1. The van der Waals surface area contributed by atoms with E-state index in [9.17, 15) is 13.2 Å². The second-order valence-corrected chi connectivity index (χ2v) is 11.1. The number of hydrogen-bond donors (Lipinski definition) is 0. The summed E-state index contributed by atoms with van der Waals surface area (Å²) < 4.78 is 23.7. The zero-order valence-corrected chi connectivity index (χ0v) is 19.0. The van der Waals surface area contributed by atoms with Crippen LogP contribution >= 0.6 is 0 Å². The highest BCUT2D eigenvalue weighted by Crippen LogP contribution is 2.27. The second kappa shape index (κ2) is 8.30. The van der Waals surface area contributed by atoms with Crippen LogP contribution in [0.4, 0.5) is 0 Å². The van der Waals surface area contributed by atoms with Crippen LogP contribution in [0.15, 0.2) is 54.6 Å². The molecule has 0 N–H and O–H groups in total. The van der Waals surface area contributed by atoms with Crippen LogP contribution in [0, 0.1) is 6.92 Å². The molecule has 1 atom stereocenters. The molecule has 0 spiro atoms. The Morgan fingerprint density at radius 2 is 1.75 bits per heavy atom. The Morgan fingerprint density at radius 1 is 1.00 bits per heavy atom. The van der Waals surface area contributed by atoms with Crippen LogP contribution in [0.2, 0.25) is 0 Å². The van der Waals surface area contributed by atoms with Crippen LogP contribution in [0.25, 0.3) is 22.2 Å². The van der Waals surface area contributed by atoms with E-state index in [-0.39, 0.29) is 23.5 Å². The van der Waals surface area contributed by atoms with Crippen molar-refractivity contribution < 1.29 is 13.2 Å². The summed E-state index contributed by atoms with van der Waals surface area (Å²) >= 11 is 0. The first kappa shape index (κ1) is 21.1. The molecular formula is C25H27N3O3S. The Bertz CT molecular complexity index is 1270. The molecule has 0 radical (unpaired) electrons. The van der Waals surface area contributed by atoms with Crippen molar-refractivity contribution in [1.82, 2.24) is 14.8 Å². The van der Waals surface area contributed by atoms with Gasteiger partial charge in [-0.05, 0) is 31.5 Å². The molecule has 7 heteroatoms. The number of amides is 1. The molecule has 3 heterocycles. The summed E-state index contributed by atoms with van der Waals surface area (Å²) in [5, 5.41) is 0.874. The first-order valence-electron chi connectivity index (χ1n) is 11.1. The number of sulfone groups is 1. The van der Waals surface area contributed by atoms with Gasteiger partial charge in [0, 0.05) is 43.2 Å². The van der Waals surface area contributed by atoms with E-state index in [0.717, 1.165) is 27.7 Å². The fraction of sp³-hybridized carbons (Fsp3) is 0.360. The molecule has 6 nitrogen and oxygen atoms in total. The maximum atomic E-state index is 13.6. The fourth-order valence-corrected chi connectivity index (χ4v) is 6.56. The van der Waals surface area contributed by atoms with Gasteiger partial charge in [0.2, 0.25) is 0 Å². The Labute approximate surface area is 188 Å². The Morgan fingerprint density at radius 3 is 2.44 bits per heavy atom. The lowest BCUT2D eigenvalue weighted by Gasteiger charge is -2.37. The molecule has 0 saturated carbocycles. The van der Waals surface area contributed by atoms with Gasteiger partial charge in [-0.15, -0.1) is 0 Å². The number of fused-ring (bicyclic) bond motifs is 1. The first-order valence-corrected chi connectivity index (χ1v) is 12.9. The van der Waals surface area contributed by atoms with E-state index in [2.05, 4.69) is 4.90 Å². The number of rotatable bonds is 3. The summed E-state index contributed by atoms with van der Waals surface area (Å²) in [6, 6.07) is 18.0. The van der Waals surface area contributed by atoms with Gasteiger partial charge in [-0.1, -0.05) is 42.0 Å². The van der Waals surface area contributed by atoms with Crippen molar-refractivity contribution in [1.29, 1.82) is 0 Å². The van der Waals surface area contributed by atoms with Crippen LogP contribution in [-0.4, -0.2) is 72.8 Å². The lowest BCUT2D eigenvalue weighted by atomic mass is 10.0. The number of aryl methyl sites for hydroxylation is 1. The highest BCUT2D eigenvalue weighted by molar-refractivity contribution is 7.91. The third-order valence-corrected chi connectivity index (χ3v) is 8.34. The fourth-order valence-electron chi connectivity index (χ4n) is 4.80. The second-order valence-electron chi connectivity index (χ2n) is 8.83. The maximum absolute atomic E-state index is 13.6. The zero-order valence-electron chi connectivity index (χ0n) is 18.2. The van der Waals surface area contributed by atoms with E-state index in [1.165, 1.54) is 0 Å². The van der Waals surface area contributed by atoms with Crippen LogP contribution in [0.3, 0.4) is 0 Å². The minimum Gasteiger partial charge on any atom is -0.336 e. The number of hydrogen-bond acceptors (Lipinski definition) is 5. The van der Waals surface area contributed by atoms with Crippen molar-refractivity contribution in [2.45, 2.75) is 19.4 Å². The quantitative estimate of drug-likeness (QED) is 0.614. The average molecular weight is 450 g/mol. The van der Waals surface area contributed by atoms with Gasteiger partial charge in [-0.2, -0.15) is 0 Å². The number of nitrogens with zero attached hydrogens (tertiary/aromatic N) is 3. The van der Waals surface area contributed by atoms with Gasteiger partial charge < -0.3 is 4.90 Å². The topological polar surface area (TPSA) is 70.6 Å². The van der Waals surface area contributed by atoms with Crippen LogP contribution < -0.4 is 0 Å². The van der Waals surface area contributed by atoms with Crippen molar-refractivity contribution in [3.8, 4) is 11.3 Å². The monoisotopic (exact) mass is 449 g/mol. The van der Waals surface area contributed by atoms with Crippen LogP contribution in [0.1, 0.15) is 22.3 Å². The molecule has 166 valence electrons. The molecule has 32 heavy (non-hydrogen) atoms. The summed E-state index contributed by atoms with van der Waals surface area (Å²) in [7, 11) is -2.91.